The van der Waals surface area contributed by atoms with Gasteiger partial charge in [-0.3, -0.25) is 9.59 Å². The Labute approximate surface area is 142 Å². The molecule has 0 spiro atoms. The minimum atomic E-state index is -0.638. The number of hydrogen-bond acceptors (Lipinski definition) is 3. The molecule has 0 aliphatic rings. The summed E-state index contributed by atoms with van der Waals surface area (Å²) >= 11 is 0. The first kappa shape index (κ1) is 17.5. The summed E-state index contributed by atoms with van der Waals surface area (Å²) in [5.41, 5.74) is 2.21. The fraction of sp³-hybridized carbons (Fsp3) is 0.263. The highest BCUT2D eigenvalue weighted by molar-refractivity contribution is 5.96. The lowest BCUT2D eigenvalue weighted by Gasteiger charge is -2.16. The van der Waals surface area contributed by atoms with Gasteiger partial charge in [-0.25, -0.2) is 0 Å². The number of nitrogens with one attached hydrogen (secondary N) is 2. The van der Waals surface area contributed by atoms with E-state index in [1.807, 2.05) is 37.3 Å². The zero-order chi connectivity index (χ0) is 17.5. The Morgan fingerprint density at radius 1 is 1.08 bits per heavy atom. The molecule has 0 aliphatic carbocycles. The quantitative estimate of drug-likeness (QED) is 0.849. The molecular formula is C19H22N2O3. The molecule has 0 saturated carbocycles. The van der Waals surface area contributed by atoms with Gasteiger partial charge >= 0.3 is 0 Å². The third kappa shape index (κ3) is 4.84. The molecule has 2 aromatic rings. The summed E-state index contributed by atoms with van der Waals surface area (Å²) < 4.78 is 5.62. The molecule has 2 rings (SSSR count). The van der Waals surface area contributed by atoms with Gasteiger partial charge in [0, 0.05) is 17.8 Å². The molecule has 0 aliphatic heterocycles. The maximum Gasteiger partial charge on any atom is 0.265 e. The molecule has 24 heavy (non-hydrogen) atoms. The Morgan fingerprint density at radius 3 is 2.46 bits per heavy atom. The number of amides is 2. The monoisotopic (exact) mass is 326 g/mol. The van der Waals surface area contributed by atoms with E-state index in [-0.39, 0.29) is 11.8 Å². The molecule has 1 unspecified atom stereocenters. The topological polar surface area (TPSA) is 67.4 Å². The van der Waals surface area contributed by atoms with E-state index in [4.69, 9.17) is 4.74 Å². The second-order valence-corrected chi connectivity index (χ2v) is 5.49. The zero-order valence-corrected chi connectivity index (χ0v) is 14.1. The molecule has 2 aromatic carbocycles. The van der Waals surface area contributed by atoms with Crippen LogP contribution in [0.15, 0.2) is 48.5 Å². The van der Waals surface area contributed by atoms with E-state index < -0.39 is 6.10 Å². The van der Waals surface area contributed by atoms with Gasteiger partial charge in [-0.15, -0.1) is 0 Å². The Morgan fingerprint density at radius 2 is 1.79 bits per heavy atom. The summed E-state index contributed by atoms with van der Waals surface area (Å²) in [4.78, 5) is 23.8. The predicted molar refractivity (Wildman–Crippen MR) is 95.3 cm³/mol. The van der Waals surface area contributed by atoms with Gasteiger partial charge in [0.15, 0.2) is 6.10 Å². The van der Waals surface area contributed by atoms with E-state index in [0.717, 1.165) is 5.56 Å². The van der Waals surface area contributed by atoms with Crippen molar-refractivity contribution < 1.29 is 14.3 Å². The molecule has 126 valence electrons. The highest BCUT2D eigenvalue weighted by Gasteiger charge is 2.16. The first-order valence-electron chi connectivity index (χ1n) is 7.92. The average Bonchev–Trinajstić information content (AvgIpc) is 2.58. The minimum absolute atomic E-state index is 0.0723. The number of anilines is 2. The molecule has 2 amide bonds. The summed E-state index contributed by atoms with van der Waals surface area (Å²) in [6.07, 6.45) is -0.238. The lowest BCUT2D eigenvalue weighted by Crippen LogP contribution is -2.30. The Bertz CT molecular complexity index is 714. The summed E-state index contributed by atoms with van der Waals surface area (Å²) in [5, 5.41) is 5.63. The third-order valence-electron chi connectivity index (χ3n) is 3.53. The Kier molecular flexibility index (Phi) is 5.95. The normalized spacial score (nSPS) is 11.5. The fourth-order valence-electron chi connectivity index (χ4n) is 2.07. The standard InChI is InChI=1S/C19H22N2O3/c1-4-18(22)20-15-11-10-13(2)17(12-15)21-19(23)14(3)24-16-8-6-5-7-9-16/h5-12,14H,4H2,1-3H3,(H,20,22)(H,21,23). The number of hydrogen-bond donors (Lipinski definition) is 2. The molecular weight excluding hydrogens is 304 g/mol. The second-order valence-electron chi connectivity index (χ2n) is 5.49. The second kappa shape index (κ2) is 8.15. The van der Waals surface area contributed by atoms with E-state index in [2.05, 4.69) is 10.6 Å². The van der Waals surface area contributed by atoms with Crippen LogP contribution in [-0.4, -0.2) is 17.9 Å². The number of rotatable bonds is 6. The third-order valence-corrected chi connectivity index (χ3v) is 3.53. The van der Waals surface area contributed by atoms with Gasteiger partial charge in [-0.05, 0) is 43.7 Å². The molecule has 5 nitrogen and oxygen atoms in total. The van der Waals surface area contributed by atoms with E-state index in [1.165, 1.54) is 0 Å². The first-order valence-corrected chi connectivity index (χ1v) is 7.92. The number of para-hydroxylation sites is 1. The van der Waals surface area contributed by atoms with Crippen molar-refractivity contribution in [2.24, 2.45) is 0 Å². The molecule has 0 saturated heterocycles. The predicted octanol–water partition coefficient (Wildman–Crippen LogP) is 3.75. The van der Waals surface area contributed by atoms with Gasteiger partial charge in [-0.2, -0.15) is 0 Å². The molecule has 2 N–H and O–H groups in total. The van der Waals surface area contributed by atoms with Crippen molar-refractivity contribution in [2.75, 3.05) is 10.6 Å². The van der Waals surface area contributed by atoms with Crippen LogP contribution >= 0.6 is 0 Å². The lowest BCUT2D eigenvalue weighted by molar-refractivity contribution is -0.122. The Balaban J connectivity index is 2.04. The number of aryl methyl sites for hydroxylation is 1. The summed E-state index contributed by atoms with van der Waals surface area (Å²) in [6.45, 7) is 5.37. The van der Waals surface area contributed by atoms with E-state index in [1.54, 1.807) is 32.0 Å². The van der Waals surface area contributed by atoms with Gasteiger partial charge in [0.25, 0.3) is 5.91 Å². The van der Waals surface area contributed by atoms with Crippen molar-refractivity contribution in [3.8, 4) is 5.75 Å². The summed E-state index contributed by atoms with van der Waals surface area (Å²) in [6, 6.07) is 14.6. The van der Waals surface area contributed by atoms with Gasteiger partial charge < -0.3 is 15.4 Å². The van der Waals surface area contributed by atoms with Gasteiger partial charge in [0.1, 0.15) is 5.75 Å². The molecule has 1 atom stereocenters. The molecule has 0 bridgehead atoms. The maximum absolute atomic E-state index is 12.3. The van der Waals surface area contributed by atoms with Crippen LogP contribution in [-0.2, 0) is 9.59 Å². The van der Waals surface area contributed by atoms with Crippen LogP contribution in [0.2, 0.25) is 0 Å². The maximum atomic E-state index is 12.3. The first-order chi connectivity index (χ1) is 11.5. The van der Waals surface area contributed by atoms with Gasteiger partial charge in [0.05, 0.1) is 0 Å². The van der Waals surface area contributed by atoms with Crippen molar-refractivity contribution in [3.05, 3.63) is 54.1 Å². The number of ether oxygens (including phenoxy) is 1. The van der Waals surface area contributed by atoms with Crippen LogP contribution < -0.4 is 15.4 Å². The zero-order valence-electron chi connectivity index (χ0n) is 14.1. The minimum Gasteiger partial charge on any atom is -0.481 e. The van der Waals surface area contributed by atoms with Crippen LogP contribution in [0, 0.1) is 6.92 Å². The van der Waals surface area contributed by atoms with Gasteiger partial charge in [-0.1, -0.05) is 31.2 Å². The molecule has 0 aromatic heterocycles. The number of carbonyl (C=O) groups is 2. The molecule has 0 radical (unpaired) electrons. The number of benzene rings is 2. The SMILES string of the molecule is CCC(=O)Nc1ccc(C)c(NC(=O)C(C)Oc2ccccc2)c1. The van der Waals surface area contributed by atoms with Crippen molar-refractivity contribution >= 4 is 23.2 Å². The summed E-state index contributed by atoms with van der Waals surface area (Å²) in [5.74, 6) is 0.318. The lowest BCUT2D eigenvalue weighted by atomic mass is 10.1. The fourth-order valence-corrected chi connectivity index (χ4v) is 2.07. The molecule has 0 heterocycles. The molecule has 0 fully saturated rings. The van der Waals surface area contributed by atoms with Crippen molar-refractivity contribution in [3.63, 3.8) is 0 Å². The van der Waals surface area contributed by atoms with Gasteiger partial charge in [0.2, 0.25) is 5.91 Å². The van der Waals surface area contributed by atoms with Crippen LogP contribution in [0.25, 0.3) is 0 Å². The average molecular weight is 326 g/mol. The summed E-state index contributed by atoms with van der Waals surface area (Å²) in [7, 11) is 0. The van der Waals surface area contributed by atoms with E-state index >= 15 is 0 Å². The highest BCUT2D eigenvalue weighted by Crippen LogP contribution is 2.21. The largest absolute Gasteiger partial charge is 0.481 e. The van der Waals surface area contributed by atoms with Crippen molar-refractivity contribution in [1.82, 2.24) is 0 Å². The highest BCUT2D eigenvalue weighted by atomic mass is 16.5. The smallest absolute Gasteiger partial charge is 0.265 e. The van der Waals surface area contributed by atoms with Crippen LogP contribution in [0.1, 0.15) is 25.8 Å². The van der Waals surface area contributed by atoms with Crippen molar-refractivity contribution in [1.29, 1.82) is 0 Å². The van der Waals surface area contributed by atoms with E-state index in [0.29, 0.717) is 23.5 Å². The molecule has 5 heteroatoms. The van der Waals surface area contributed by atoms with E-state index in [9.17, 15) is 9.59 Å². The Hall–Kier alpha value is -2.82. The van der Waals surface area contributed by atoms with Crippen molar-refractivity contribution in [2.45, 2.75) is 33.3 Å². The number of carbonyl (C=O) groups excluding carboxylic acids is 2. The van der Waals surface area contributed by atoms with Crippen LogP contribution in [0.5, 0.6) is 5.75 Å². The van der Waals surface area contributed by atoms with Crippen LogP contribution in [0.4, 0.5) is 11.4 Å². The van der Waals surface area contributed by atoms with Crippen LogP contribution in [0.3, 0.4) is 0 Å².